The fourth-order valence-corrected chi connectivity index (χ4v) is 3.16. The molecule has 0 saturated carbocycles. The van der Waals surface area contributed by atoms with E-state index in [0.29, 0.717) is 44.9 Å². The molecule has 2 aromatic carbocycles. The van der Waals surface area contributed by atoms with E-state index in [1.807, 2.05) is 6.92 Å². The lowest BCUT2D eigenvalue weighted by molar-refractivity contribution is -0.118. The number of carbonyl (C=O) groups is 1. The first-order valence-corrected chi connectivity index (χ1v) is 9.50. The highest BCUT2D eigenvalue weighted by Crippen LogP contribution is 2.31. The smallest absolute Gasteiger partial charge is 0.262 e. The van der Waals surface area contributed by atoms with Crippen LogP contribution < -0.4 is 14.8 Å². The number of aryl methyl sites for hydroxylation is 1. The number of nitrogens with zero attached hydrogens (tertiary/aromatic N) is 2. The Kier molecular flexibility index (Phi) is 5.54. The molecule has 0 radical (unpaired) electrons. The number of hydrogen-bond acceptors (Lipinski definition) is 6. The van der Waals surface area contributed by atoms with Crippen LogP contribution in [-0.2, 0) is 4.79 Å². The van der Waals surface area contributed by atoms with Crippen molar-refractivity contribution in [3.63, 3.8) is 0 Å². The maximum Gasteiger partial charge on any atom is 0.262 e. The lowest BCUT2D eigenvalue weighted by Crippen LogP contribution is -2.20. The summed E-state index contributed by atoms with van der Waals surface area (Å²) in [5.41, 5.74) is 3.10. The third kappa shape index (κ3) is 4.21. The summed E-state index contributed by atoms with van der Waals surface area (Å²) in [7, 11) is 1.53. The molecule has 0 unspecified atom stereocenters. The van der Waals surface area contributed by atoms with E-state index < -0.39 is 0 Å². The number of nitrogens with one attached hydrogen (secondary N) is 1. The van der Waals surface area contributed by atoms with E-state index in [1.165, 1.54) is 7.11 Å². The molecule has 7 nitrogen and oxygen atoms in total. The topological polar surface area (TPSA) is 86.5 Å². The summed E-state index contributed by atoms with van der Waals surface area (Å²) < 4.78 is 16.7. The SMILES string of the molecule is COc1ccc(-c2nc3ncccc3o2)cc1NC(=O)COc1ccc(Cl)cc1C. The highest BCUT2D eigenvalue weighted by molar-refractivity contribution is 6.30. The molecule has 0 saturated heterocycles. The predicted octanol–water partition coefficient (Wildman–Crippen LogP) is 4.88. The number of oxazole rings is 1. The van der Waals surface area contributed by atoms with Crippen LogP contribution >= 0.6 is 11.6 Å². The number of amides is 1. The summed E-state index contributed by atoms with van der Waals surface area (Å²) >= 11 is 5.95. The van der Waals surface area contributed by atoms with Crippen molar-refractivity contribution in [1.82, 2.24) is 9.97 Å². The van der Waals surface area contributed by atoms with Crippen molar-refractivity contribution in [2.24, 2.45) is 0 Å². The molecule has 2 heterocycles. The minimum atomic E-state index is -0.334. The monoisotopic (exact) mass is 423 g/mol. The first-order valence-electron chi connectivity index (χ1n) is 9.12. The van der Waals surface area contributed by atoms with Crippen molar-refractivity contribution in [3.8, 4) is 23.0 Å². The number of anilines is 1. The second-order valence-corrected chi connectivity index (χ2v) is 6.94. The van der Waals surface area contributed by atoms with Gasteiger partial charge in [-0.15, -0.1) is 0 Å². The maximum absolute atomic E-state index is 12.5. The van der Waals surface area contributed by atoms with Crippen molar-refractivity contribution in [2.75, 3.05) is 19.0 Å². The van der Waals surface area contributed by atoms with E-state index in [9.17, 15) is 4.79 Å². The van der Waals surface area contributed by atoms with Crippen LogP contribution in [0.25, 0.3) is 22.7 Å². The highest BCUT2D eigenvalue weighted by atomic mass is 35.5. The van der Waals surface area contributed by atoms with E-state index in [2.05, 4.69) is 15.3 Å². The summed E-state index contributed by atoms with van der Waals surface area (Å²) in [4.78, 5) is 21.0. The number of halogens is 1. The first-order chi connectivity index (χ1) is 14.5. The zero-order chi connectivity index (χ0) is 21.1. The van der Waals surface area contributed by atoms with Crippen LogP contribution in [0.3, 0.4) is 0 Å². The van der Waals surface area contributed by atoms with Crippen LogP contribution in [-0.4, -0.2) is 29.6 Å². The molecule has 4 rings (SSSR count). The van der Waals surface area contributed by atoms with Gasteiger partial charge in [-0.3, -0.25) is 4.79 Å². The van der Waals surface area contributed by atoms with Gasteiger partial charge in [0.05, 0.1) is 12.8 Å². The number of pyridine rings is 1. The number of ether oxygens (including phenoxy) is 2. The fourth-order valence-electron chi connectivity index (χ4n) is 2.94. The molecule has 2 aromatic heterocycles. The second kappa shape index (κ2) is 8.42. The minimum absolute atomic E-state index is 0.164. The van der Waals surface area contributed by atoms with Gasteiger partial charge in [0.25, 0.3) is 5.91 Å². The van der Waals surface area contributed by atoms with E-state index in [1.54, 1.807) is 54.7 Å². The molecule has 30 heavy (non-hydrogen) atoms. The van der Waals surface area contributed by atoms with Gasteiger partial charge in [-0.25, -0.2) is 4.98 Å². The van der Waals surface area contributed by atoms with Crippen molar-refractivity contribution in [1.29, 1.82) is 0 Å². The number of benzene rings is 2. The van der Waals surface area contributed by atoms with Gasteiger partial charge in [0.15, 0.2) is 17.8 Å². The Hall–Kier alpha value is -3.58. The van der Waals surface area contributed by atoms with Gasteiger partial charge in [-0.05, 0) is 61.0 Å². The quantitative estimate of drug-likeness (QED) is 0.475. The third-order valence-corrected chi connectivity index (χ3v) is 4.62. The summed E-state index contributed by atoms with van der Waals surface area (Å²) in [6.45, 7) is 1.70. The molecular formula is C22H18ClN3O4. The summed E-state index contributed by atoms with van der Waals surface area (Å²) in [5, 5.41) is 3.42. The molecule has 1 N–H and O–H groups in total. The number of rotatable bonds is 6. The van der Waals surface area contributed by atoms with Gasteiger partial charge in [-0.2, -0.15) is 4.98 Å². The van der Waals surface area contributed by atoms with Crippen LogP contribution in [0, 0.1) is 6.92 Å². The van der Waals surface area contributed by atoms with E-state index in [0.717, 1.165) is 5.56 Å². The second-order valence-electron chi connectivity index (χ2n) is 6.51. The van der Waals surface area contributed by atoms with Crippen LogP contribution in [0.1, 0.15) is 5.56 Å². The van der Waals surface area contributed by atoms with E-state index in [-0.39, 0.29) is 12.5 Å². The number of hydrogen-bond donors (Lipinski definition) is 1. The molecule has 0 aliphatic carbocycles. The number of aromatic nitrogens is 2. The molecule has 0 fully saturated rings. The molecule has 0 atom stereocenters. The summed E-state index contributed by atoms with van der Waals surface area (Å²) in [6.07, 6.45) is 1.65. The molecule has 0 spiro atoms. The van der Waals surface area contributed by atoms with Gasteiger partial charge >= 0.3 is 0 Å². The average molecular weight is 424 g/mol. The Labute approximate surface area is 177 Å². The maximum atomic E-state index is 12.5. The van der Waals surface area contributed by atoms with Gasteiger partial charge in [0.1, 0.15) is 11.5 Å². The molecule has 4 aromatic rings. The number of carbonyl (C=O) groups excluding carboxylic acids is 1. The standard InChI is InChI=1S/C22H18ClN3O4/c1-13-10-15(23)6-8-17(13)29-12-20(27)25-16-11-14(5-7-18(16)28-2)22-26-21-19(30-22)4-3-9-24-21/h3-11H,12H2,1-2H3,(H,25,27). The summed E-state index contributed by atoms with van der Waals surface area (Å²) in [5.74, 6) is 1.16. The normalized spacial score (nSPS) is 10.8. The number of fused-ring (bicyclic) bond motifs is 1. The van der Waals surface area contributed by atoms with Crippen molar-refractivity contribution >= 4 is 34.4 Å². The Morgan fingerprint density at radius 1 is 1.17 bits per heavy atom. The van der Waals surface area contributed by atoms with Crippen molar-refractivity contribution in [3.05, 3.63) is 65.3 Å². The zero-order valence-corrected chi connectivity index (χ0v) is 17.1. The van der Waals surface area contributed by atoms with Crippen LogP contribution in [0.15, 0.2) is 59.1 Å². The van der Waals surface area contributed by atoms with Gasteiger partial charge in [-0.1, -0.05) is 11.6 Å². The van der Waals surface area contributed by atoms with Gasteiger partial charge < -0.3 is 19.2 Å². The van der Waals surface area contributed by atoms with Crippen molar-refractivity contribution < 1.29 is 18.7 Å². The van der Waals surface area contributed by atoms with E-state index >= 15 is 0 Å². The molecule has 0 aliphatic heterocycles. The van der Waals surface area contributed by atoms with Crippen LogP contribution in [0.2, 0.25) is 5.02 Å². The largest absolute Gasteiger partial charge is 0.495 e. The summed E-state index contributed by atoms with van der Waals surface area (Å²) in [6, 6.07) is 14.0. The van der Waals surface area contributed by atoms with Crippen LogP contribution in [0.5, 0.6) is 11.5 Å². The lowest BCUT2D eigenvalue weighted by Gasteiger charge is -2.13. The molecular weight excluding hydrogens is 406 g/mol. The highest BCUT2D eigenvalue weighted by Gasteiger charge is 2.14. The minimum Gasteiger partial charge on any atom is -0.495 e. The number of methoxy groups -OCH3 is 1. The Bertz CT molecular complexity index is 1190. The van der Waals surface area contributed by atoms with E-state index in [4.69, 9.17) is 25.5 Å². The molecule has 1 amide bonds. The average Bonchev–Trinajstić information content (AvgIpc) is 3.17. The van der Waals surface area contributed by atoms with Gasteiger partial charge in [0.2, 0.25) is 5.89 Å². The Morgan fingerprint density at radius 3 is 2.77 bits per heavy atom. The molecule has 152 valence electrons. The van der Waals surface area contributed by atoms with Crippen molar-refractivity contribution in [2.45, 2.75) is 6.92 Å². The van der Waals surface area contributed by atoms with Crippen LogP contribution in [0.4, 0.5) is 5.69 Å². The predicted molar refractivity (Wildman–Crippen MR) is 114 cm³/mol. The molecule has 8 heteroatoms. The third-order valence-electron chi connectivity index (χ3n) is 4.38. The zero-order valence-electron chi connectivity index (χ0n) is 16.3. The molecule has 0 aliphatic rings. The Morgan fingerprint density at radius 2 is 2.00 bits per heavy atom. The lowest BCUT2D eigenvalue weighted by atomic mass is 10.2. The molecule has 0 bridgehead atoms. The van der Waals surface area contributed by atoms with Gasteiger partial charge in [0, 0.05) is 16.8 Å². The fraction of sp³-hybridized carbons (Fsp3) is 0.136. The first kappa shape index (κ1) is 19.7. The Balaban J connectivity index is 1.52.